The van der Waals surface area contributed by atoms with E-state index in [2.05, 4.69) is 13.8 Å². The van der Waals surface area contributed by atoms with Gasteiger partial charge < -0.3 is 37.9 Å². The molecule has 0 heterocycles. The van der Waals surface area contributed by atoms with Crippen LogP contribution in [0.1, 0.15) is 58.8 Å². The third kappa shape index (κ3) is 32.5. The normalized spacial score (nSPS) is 11.5. The van der Waals surface area contributed by atoms with Crippen molar-refractivity contribution in [2.45, 2.75) is 64.9 Å². The van der Waals surface area contributed by atoms with Crippen molar-refractivity contribution in [2.75, 3.05) is 92.5 Å². The second-order valence-corrected chi connectivity index (χ2v) is 9.13. The monoisotopic (exact) mass is 586 g/mol. The summed E-state index contributed by atoms with van der Waals surface area (Å²) in [5.41, 5.74) is 0. The number of hydrogen-bond acceptors (Lipinski definition) is 10. The minimum absolute atomic E-state index is 0.250. The maximum Gasteiger partial charge on any atom is 0.373 e. The van der Waals surface area contributed by atoms with Gasteiger partial charge in [-0.15, -0.1) is 0 Å². The zero-order chi connectivity index (χ0) is 29.9. The molecule has 0 aliphatic rings. The lowest BCUT2D eigenvalue weighted by molar-refractivity contribution is -0.191. The topological polar surface area (TPSA) is 108 Å². The van der Waals surface area contributed by atoms with Crippen molar-refractivity contribution in [1.29, 1.82) is 0 Å². The zero-order valence-corrected chi connectivity index (χ0v) is 25.4. The van der Waals surface area contributed by atoms with Gasteiger partial charge in [-0.25, -0.2) is 0 Å². The number of ether oxygens (including phenoxy) is 8. The Morgan fingerprint density at radius 1 is 0.537 bits per heavy atom. The van der Waals surface area contributed by atoms with Gasteiger partial charge in [0.1, 0.15) is 5.75 Å². The third-order valence-electron chi connectivity index (χ3n) is 5.76. The van der Waals surface area contributed by atoms with Crippen molar-refractivity contribution in [3.05, 3.63) is 30.3 Å². The van der Waals surface area contributed by atoms with Gasteiger partial charge in [0.25, 0.3) is 0 Å². The first-order valence-corrected chi connectivity index (χ1v) is 15.0. The van der Waals surface area contributed by atoms with Gasteiger partial charge in [0.05, 0.1) is 92.0 Å². The van der Waals surface area contributed by atoms with Gasteiger partial charge >= 0.3 is 6.15 Å². The Balaban J connectivity index is 0.00000509. The fourth-order valence-corrected chi connectivity index (χ4v) is 3.35. The summed E-state index contributed by atoms with van der Waals surface area (Å²) in [7, 11) is 0. The van der Waals surface area contributed by atoms with Crippen LogP contribution in [-0.4, -0.2) is 105 Å². The Bertz CT molecular complexity index is 656. The number of carbonyl (C=O) groups excluding carboxylic acids is 2. The van der Waals surface area contributed by atoms with E-state index in [1.165, 1.54) is 25.7 Å². The number of hydrogen-bond donors (Lipinski definition) is 0. The van der Waals surface area contributed by atoms with E-state index in [9.17, 15) is 0 Å². The summed E-state index contributed by atoms with van der Waals surface area (Å²) in [6, 6.07) is 10.0. The maximum atomic E-state index is 8.12. The molecule has 1 aromatic rings. The van der Waals surface area contributed by atoms with E-state index in [0.29, 0.717) is 85.4 Å². The van der Waals surface area contributed by atoms with Gasteiger partial charge in [-0.2, -0.15) is 9.59 Å². The number of benzene rings is 1. The van der Waals surface area contributed by atoms with Gasteiger partial charge in [-0.05, 0) is 38.3 Å². The largest absolute Gasteiger partial charge is 0.494 e. The van der Waals surface area contributed by atoms with Crippen LogP contribution in [-0.2, 0) is 42.7 Å². The molecule has 0 aliphatic carbocycles. The highest BCUT2D eigenvalue weighted by Gasteiger charge is 1.98. The highest BCUT2D eigenvalue weighted by Crippen LogP contribution is 2.10. The molecule has 0 aromatic heterocycles. The van der Waals surface area contributed by atoms with Gasteiger partial charge in [0, 0.05) is 6.61 Å². The molecule has 0 saturated carbocycles. The molecule has 0 saturated heterocycles. The van der Waals surface area contributed by atoms with Crippen LogP contribution in [0.15, 0.2) is 30.3 Å². The lowest BCUT2D eigenvalue weighted by atomic mass is 10.1. The van der Waals surface area contributed by atoms with Crippen LogP contribution < -0.4 is 4.74 Å². The fourth-order valence-electron chi connectivity index (χ4n) is 3.35. The molecule has 0 aliphatic heterocycles. The lowest BCUT2D eigenvalue weighted by Crippen LogP contribution is -2.15. The summed E-state index contributed by atoms with van der Waals surface area (Å²) >= 11 is 0. The highest BCUT2D eigenvalue weighted by atomic mass is 16.6. The van der Waals surface area contributed by atoms with Crippen LogP contribution in [0.4, 0.5) is 0 Å². The van der Waals surface area contributed by atoms with Crippen molar-refractivity contribution in [3.8, 4) is 5.75 Å². The number of para-hydroxylation sites is 1. The molecule has 1 unspecified atom stereocenters. The number of unbranched alkanes of at least 4 members (excludes halogenated alkanes) is 5. The molecule has 1 aromatic carbocycles. The molecule has 0 radical (unpaired) electrons. The Morgan fingerprint density at radius 3 is 1.34 bits per heavy atom. The van der Waals surface area contributed by atoms with Gasteiger partial charge in [0.2, 0.25) is 0 Å². The molecule has 1 atom stereocenters. The summed E-state index contributed by atoms with van der Waals surface area (Å²) in [6.07, 6.45) is 8.72. The molecule has 0 spiro atoms. The Kier molecular flexibility index (Phi) is 32.7. The quantitative estimate of drug-likeness (QED) is 0.117. The van der Waals surface area contributed by atoms with Crippen LogP contribution in [0.25, 0.3) is 0 Å². The van der Waals surface area contributed by atoms with Gasteiger partial charge in [0.15, 0.2) is 0 Å². The van der Waals surface area contributed by atoms with E-state index in [1.807, 2.05) is 30.3 Å². The molecule has 41 heavy (non-hydrogen) atoms. The Morgan fingerprint density at radius 2 is 0.902 bits per heavy atom. The minimum atomic E-state index is 0.250. The molecule has 0 bridgehead atoms. The van der Waals surface area contributed by atoms with Crippen LogP contribution in [0, 0.1) is 0 Å². The lowest BCUT2D eigenvalue weighted by Gasteiger charge is -2.11. The molecule has 0 N–H and O–H groups in total. The average Bonchev–Trinajstić information content (AvgIpc) is 2.99. The van der Waals surface area contributed by atoms with E-state index in [1.54, 1.807) is 0 Å². The van der Waals surface area contributed by atoms with Gasteiger partial charge in [-0.3, -0.25) is 0 Å². The van der Waals surface area contributed by atoms with E-state index < -0.39 is 0 Å². The summed E-state index contributed by atoms with van der Waals surface area (Å²) in [5, 5.41) is 0. The van der Waals surface area contributed by atoms with Crippen LogP contribution in [0.3, 0.4) is 0 Å². The van der Waals surface area contributed by atoms with Crippen molar-refractivity contribution in [1.82, 2.24) is 0 Å². The predicted octanol–water partition coefficient (Wildman–Crippen LogP) is 4.74. The first-order valence-electron chi connectivity index (χ1n) is 15.0. The van der Waals surface area contributed by atoms with Crippen LogP contribution in [0.2, 0.25) is 0 Å². The molecular formula is C31H54O10. The maximum absolute atomic E-state index is 8.12. The molecule has 1 rings (SSSR count). The van der Waals surface area contributed by atoms with Crippen LogP contribution in [0.5, 0.6) is 5.75 Å². The summed E-state index contributed by atoms with van der Waals surface area (Å²) < 4.78 is 44.3. The highest BCUT2D eigenvalue weighted by molar-refractivity contribution is 5.20. The average molecular weight is 587 g/mol. The van der Waals surface area contributed by atoms with E-state index in [0.717, 1.165) is 38.2 Å². The van der Waals surface area contributed by atoms with Gasteiger partial charge in [-0.1, -0.05) is 50.8 Å². The molecule has 10 heteroatoms. The first kappa shape index (κ1) is 39.1. The number of rotatable bonds is 30. The first-order chi connectivity index (χ1) is 20.2. The molecule has 0 fully saturated rings. The zero-order valence-electron chi connectivity index (χ0n) is 25.4. The van der Waals surface area contributed by atoms with Crippen molar-refractivity contribution in [2.24, 2.45) is 0 Å². The second-order valence-electron chi connectivity index (χ2n) is 9.13. The Hall–Kier alpha value is -1.88. The fraction of sp³-hybridized carbons (Fsp3) is 0.774. The summed E-state index contributed by atoms with van der Waals surface area (Å²) in [5.74, 6) is 0.959. The minimum Gasteiger partial charge on any atom is -0.494 e. The van der Waals surface area contributed by atoms with Crippen molar-refractivity contribution >= 4 is 6.15 Å². The smallest absolute Gasteiger partial charge is 0.373 e. The van der Waals surface area contributed by atoms with Crippen molar-refractivity contribution in [3.63, 3.8) is 0 Å². The van der Waals surface area contributed by atoms with Crippen LogP contribution >= 0.6 is 0 Å². The molecule has 0 amide bonds. The van der Waals surface area contributed by atoms with Crippen molar-refractivity contribution < 1.29 is 47.5 Å². The van der Waals surface area contributed by atoms with E-state index in [-0.39, 0.29) is 6.15 Å². The standard InChI is InChI=1S/C30H54O8.CO2/c1-3-29(2)37-28-27-36-26-25-35-24-23-34-22-21-33-20-19-32-18-17-31-15-11-6-4-5-7-12-16-38-30-13-9-8-10-14-30;2-1-3/h8-10,13-14,29H,3-7,11-12,15-28H2,1-2H3;. The Labute approximate surface area is 247 Å². The predicted molar refractivity (Wildman–Crippen MR) is 155 cm³/mol. The summed E-state index contributed by atoms with van der Waals surface area (Å²) in [4.78, 5) is 16.2. The molecular weight excluding hydrogens is 532 g/mol. The molecule has 10 nitrogen and oxygen atoms in total. The van der Waals surface area contributed by atoms with E-state index >= 15 is 0 Å². The molecule has 238 valence electrons. The summed E-state index contributed by atoms with van der Waals surface area (Å²) in [6.45, 7) is 12.7. The SMILES string of the molecule is CCC(C)OCCOCCOCCOCCOCCOCCOCCCCCCCCOc1ccccc1.O=C=O. The van der Waals surface area contributed by atoms with E-state index in [4.69, 9.17) is 47.5 Å². The third-order valence-corrected chi connectivity index (χ3v) is 5.76. The second kappa shape index (κ2) is 34.3.